The van der Waals surface area contributed by atoms with Crippen LogP contribution in [0.2, 0.25) is 0 Å². The third kappa shape index (κ3) is 4.12. The van der Waals surface area contributed by atoms with Crippen molar-refractivity contribution in [2.75, 3.05) is 0 Å². The van der Waals surface area contributed by atoms with Gasteiger partial charge in [0.05, 0.1) is 11.1 Å². The molecular weight excluding hydrogens is 344 g/mol. The molecule has 8 heteroatoms. The highest BCUT2D eigenvalue weighted by molar-refractivity contribution is 6.11. The van der Waals surface area contributed by atoms with Gasteiger partial charge in [-0.1, -0.05) is 12.1 Å². The summed E-state index contributed by atoms with van der Waals surface area (Å²) < 4.78 is 0. The summed E-state index contributed by atoms with van der Waals surface area (Å²) in [7, 11) is 0. The van der Waals surface area contributed by atoms with E-state index in [1.165, 1.54) is 12.1 Å². The van der Waals surface area contributed by atoms with Crippen LogP contribution in [0, 0.1) is 0 Å². The Balaban J connectivity index is 2.59. The van der Waals surface area contributed by atoms with Gasteiger partial charge in [0.15, 0.2) is 23.0 Å². The Morgan fingerprint density at radius 3 is 1.23 bits per heavy atom. The number of phenolic OH excluding ortho intramolecular Hbond substituents is 4. The summed E-state index contributed by atoms with van der Waals surface area (Å²) in [6, 6.07) is 6.99. The minimum Gasteiger partial charge on any atom is -0.504 e. The van der Waals surface area contributed by atoms with Gasteiger partial charge in [0, 0.05) is 0 Å². The lowest BCUT2D eigenvalue weighted by Gasteiger charge is -2.06. The van der Waals surface area contributed by atoms with Crippen molar-refractivity contribution in [3.63, 3.8) is 0 Å². The molecule has 2 rings (SSSR count). The lowest BCUT2D eigenvalue weighted by molar-refractivity contribution is -0.136. The maximum atomic E-state index is 11.5. The number of carboxylic acid groups (broad SMARTS) is 2. The number of phenols is 4. The Bertz CT molecular complexity index is 863. The van der Waals surface area contributed by atoms with Gasteiger partial charge in [0.25, 0.3) is 0 Å². The third-order valence-electron chi connectivity index (χ3n) is 3.37. The summed E-state index contributed by atoms with van der Waals surface area (Å²) in [5.41, 5.74) is -0.873. The quantitative estimate of drug-likeness (QED) is 0.270. The second-order valence-electron chi connectivity index (χ2n) is 5.22. The van der Waals surface area contributed by atoms with E-state index in [0.29, 0.717) is 0 Å². The minimum atomic E-state index is -1.53. The predicted molar refractivity (Wildman–Crippen MR) is 90.8 cm³/mol. The average molecular weight is 358 g/mol. The van der Waals surface area contributed by atoms with Gasteiger partial charge in [0.2, 0.25) is 0 Å². The van der Waals surface area contributed by atoms with E-state index >= 15 is 0 Å². The molecule has 0 bridgehead atoms. The minimum absolute atomic E-state index is 0.151. The molecule has 0 aliphatic heterocycles. The van der Waals surface area contributed by atoms with Gasteiger partial charge in [-0.2, -0.15) is 0 Å². The summed E-state index contributed by atoms with van der Waals surface area (Å²) in [6.07, 6.45) is 2.03. The Morgan fingerprint density at radius 1 is 0.615 bits per heavy atom. The molecule has 8 nitrogen and oxygen atoms in total. The van der Waals surface area contributed by atoms with E-state index in [4.69, 9.17) is 0 Å². The fourth-order valence-corrected chi connectivity index (χ4v) is 2.10. The molecule has 0 aliphatic rings. The molecule has 0 fully saturated rings. The number of aromatic hydroxyl groups is 4. The van der Waals surface area contributed by atoms with E-state index in [2.05, 4.69) is 0 Å². The van der Waals surface area contributed by atoms with Crippen LogP contribution in [0.25, 0.3) is 12.2 Å². The first-order valence-corrected chi connectivity index (χ1v) is 7.13. The smallest absolute Gasteiger partial charge is 0.336 e. The van der Waals surface area contributed by atoms with Gasteiger partial charge in [-0.3, -0.25) is 0 Å². The van der Waals surface area contributed by atoms with Crippen LogP contribution in [0.1, 0.15) is 11.1 Å². The second-order valence-corrected chi connectivity index (χ2v) is 5.22. The van der Waals surface area contributed by atoms with Crippen LogP contribution in [-0.4, -0.2) is 42.6 Å². The topological polar surface area (TPSA) is 156 Å². The summed E-state index contributed by atoms with van der Waals surface area (Å²) in [5.74, 6) is -4.87. The van der Waals surface area contributed by atoms with Gasteiger partial charge in [0.1, 0.15) is 0 Å². The normalized spacial score (nSPS) is 12.0. The van der Waals surface area contributed by atoms with Crippen molar-refractivity contribution in [3.05, 3.63) is 58.7 Å². The number of hydrogen-bond acceptors (Lipinski definition) is 6. The van der Waals surface area contributed by atoms with E-state index in [0.717, 1.165) is 36.4 Å². The Hall–Kier alpha value is -3.94. The van der Waals surface area contributed by atoms with Crippen LogP contribution in [-0.2, 0) is 9.59 Å². The molecule has 0 aromatic heterocycles. The average Bonchev–Trinajstić information content (AvgIpc) is 2.56. The molecule has 0 amide bonds. The van der Waals surface area contributed by atoms with Gasteiger partial charge in [-0.05, 0) is 47.5 Å². The maximum Gasteiger partial charge on any atom is 0.336 e. The molecule has 0 radical (unpaired) electrons. The second kappa shape index (κ2) is 7.31. The van der Waals surface area contributed by atoms with Crippen molar-refractivity contribution in [1.29, 1.82) is 0 Å². The lowest BCUT2D eigenvalue weighted by Crippen LogP contribution is -2.11. The van der Waals surface area contributed by atoms with E-state index < -0.39 is 46.1 Å². The van der Waals surface area contributed by atoms with Gasteiger partial charge in [-0.15, -0.1) is 0 Å². The highest BCUT2D eigenvalue weighted by Crippen LogP contribution is 2.29. The molecule has 0 saturated carbocycles. The van der Waals surface area contributed by atoms with Crippen molar-refractivity contribution in [2.24, 2.45) is 0 Å². The Kier molecular flexibility index (Phi) is 5.17. The molecule has 6 N–H and O–H groups in total. The fraction of sp³-hybridized carbons (Fsp3) is 0. The highest BCUT2D eigenvalue weighted by atomic mass is 16.4. The fourth-order valence-electron chi connectivity index (χ4n) is 2.10. The molecule has 0 saturated heterocycles. The van der Waals surface area contributed by atoms with Crippen molar-refractivity contribution < 1.29 is 40.2 Å². The zero-order chi connectivity index (χ0) is 19.4. The summed E-state index contributed by atoms with van der Waals surface area (Å²) in [4.78, 5) is 23.1. The molecule has 26 heavy (non-hydrogen) atoms. The van der Waals surface area contributed by atoms with Crippen LogP contribution in [0.4, 0.5) is 0 Å². The van der Waals surface area contributed by atoms with Gasteiger partial charge in [-0.25, -0.2) is 9.59 Å². The van der Waals surface area contributed by atoms with Crippen LogP contribution in [0.5, 0.6) is 23.0 Å². The van der Waals surface area contributed by atoms with Crippen LogP contribution in [0.15, 0.2) is 47.5 Å². The lowest BCUT2D eigenvalue weighted by atomic mass is 10.00. The van der Waals surface area contributed by atoms with E-state index in [-0.39, 0.29) is 11.1 Å². The molecular formula is C18H14O8. The first kappa shape index (κ1) is 18.4. The number of benzene rings is 2. The molecule has 0 unspecified atom stereocenters. The number of carboxylic acids is 2. The summed E-state index contributed by atoms with van der Waals surface area (Å²) in [6.45, 7) is 0. The molecule has 134 valence electrons. The molecule has 0 spiro atoms. The zero-order valence-corrected chi connectivity index (χ0v) is 13.1. The molecule has 0 atom stereocenters. The van der Waals surface area contributed by atoms with E-state index in [1.807, 2.05) is 0 Å². The van der Waals surface area contributed by atoms with Gasteiger partial charge >= 0.3 is 11.9 Å². The van der Waals surface area contributed by atoms with Crippen molar-refractivity contribution >= 4 is 24.1 Å². The Morgan fingerprint density at radius 2 is 0.962 bits per heavy atom. The molecule has 0 heterocycles. The van der Waals surface area contributed by atoms with E-state index in [1.54, 1.807) is 0 Å². The Labute approximate surface area is 146 Å². The summed E-state index contributed by atoms with van der Waals surface area (Å²) >= 11 is 0. The number of hydrogen-bond donors (Lipinski definition) is 6. The van der Waals surface area contributed by atoms with Gasteiger partial charge < -0.3 is 30.6 Å². The molecule has 2 aromatic rings. The standard InChI is InChI=1S/C18H14O8/c19-13-3-1-9(7-15(13)21)5-11(17(23)24)12(18(25)26)6-10-2-4-14(20)16(22)8-10/h1-8,19-22H,(H,23,24)(H,25,26)/b11-5-,12-6-. The largest absolute Gasteiger partial charge is 0.504 e. The van der Waals surface area contributed by atoms with Crippen LogP contribution < -0.4 is 0 Å². The number of carbonyl (C=O) groups is 2. The SMILES string of the molecule is O=C(O)C(=C\c1ccc(O)c(O)c1)/C(=C/c1ccc(O)c(O)c1)C(=O)O. The predicted octanol–water partition coefficient (Wildman–Crippen LogP) is 2.15. The first-order chi connectivity index (χ1) is 12.2. The van der Waals surface area contributed by atoms with Crippen molar-refractivity contribution in [3.8, 4) is 23.0 Å². The van der Waals surface area contributed by atoms with Crippen molar-refractivity contribution in [1.82, 2.24) is 0 Å². The van der Waals surface area contributed by atoms with Crippen LogP contribution >= 0.6 is 0 Å². The zero-order valence-electron chi connectivity index (χ0n) is 13.1. The van der Waals surface area contributed by atoms with Crippen molar-refractivity contribution in [2.45, 2.75) is 0 Å². The van der Waals surface area contributed by atoms with E-state index in [9.17, 15) is 40.2 Å². The molecule has 0 aliphatic carbocycles. The number of aliphatic carboxylic acids is 2. The number of rotatable bonds is 5. The first-order valence-electron chi connectivity index (χ1n) is 7.13. The third-order valence-corrected chi connectivity index (χ3v) is 3.37. The van der Waals surface area contributed by atoms with Crippen LogP contribution in [0.3, 0.4) is 0 Å². The molecule has 2 aromatic carbocycles. The highest BCUT2D eigenvalue weighted by Gasteiger charge is 2.20. The monoisotopic (exact) mass is 358 g/mol. The summed E-state index contributed by atoms with van der Waals surface area (Å²) in [5, 5.41) is 56.3. The maximum absolute atomic E-state index is 11.5.